The number of ether oxygens (including phenoxy) is 3. The molecule has 0 N–H and O–H groups in total. The highest BCUT2D eigenvalue weighted by atomic mass is 16.5. The Morgan fingerprint density at radius 2 is 1.90 bits per heavy atom. The van der Waals surface area contributed by atoms with E-state index in [0.717, 1.165) is 32.8 Å². The zero-order valence-corrected chi connectivity index (χ0v) is 12.1. The highest BCUT2D eigenvalue weighted by Gasteiger charge is 2.14. The van der Waals surface area contributed by atoms with Crippen LogP contribution >= 0.6 is 0 Å². The zero-order valence-electron chi connectivity index (χ0n) is 12.1. The molecule has 1 heterocycles. The van der Waals surface area contributed by atoms with Crippen LogP contribution in [0.4, 0.5) is 0 Å². The number of carbonyl (C=O) groups excluding carboxylic acids is 1. The lowest BCUT2D eigenvalue weighted by molar-refractivity contribution is 0.0370. The van der Waals surface area contributed by atoms with Gasteiger partial charge in [0.1, 0.15) is 0 Å². The van der Waals surface area contributed by atoms with Crippen LogP contribution in [0.1, 0.15) is 16.8 Å². The van der Waals surface area contributed by atoms with E-state index in [1.165, 1.54) is 0 Å². The molecule has 1 aliphatic rings. The first-order valence-corrected chi connectivity index (χ1v) is 6.80. The molecule has 0 saturated carbocycles. The van der Waals surface area contributed by atoms with Gasteiger partial charge in [0.05, 0.1) is 27.4 Å². The summed E-state index contributed by atoms with van der Waals surface area (Å²) in [5, 5.41) is 0. The van der Waals surface area contributed by atoms with Gasteiger partial charge in [0.2, 0.25) is 0 Å². The summed E-state index contributed by atoms with van der Waals surface area (Å²) in [4.78, 5) is 14.5. The maximum absolute atomic E-state index is 12.2. The first-order valence-electron chi connectivity index (χ1n) is 6.80. The van der Waals surface area contributed by atoms with Gasteiger partial charge in [0, 0.05) is 31.6 Å². The third-order valence-corrected chi connectivity index (χ3v) is 3.46. The Labute approximate surface area is 119 Å². The molecule has 0 spiro atoms. The summed E-state index contributed by atoms with van der Waals surface area (Å²) in [6, 6.07) is 5.28. The van der Waals surface area contributed by atoms with Crippen molar-refractivity contribution < 1.29 is 19.0 Å². The van der Waals surface area contributed by atoms with Crippen molar-refractivity contribution in [3.05, 3.63) is 23.8 Å². The molecular weight excluding hydrogens is 258 g/mol. The Hall–Kier alpha value is -1.59. The Bertz CT molecular complexity index is 455. The van der Waals surface area contributed by atoms with E-state index in [2.05, 4.69) is 4.90 Å². The molecule has 0 aliphatic carbocycles. The van der Waals surface area contributed by atoms with Gasteiger partial charge in [-0.25, -0.2) is 0 Å². The predicted molar refractivity (Wildman–Crippen MR) is 75.8 cm³/mol. The summed E-state index contributed by atoms with van der Waals surface area (Å²) in [6.45, 7) is 4.09. The van der Waals surface area contributed by atoms with Crippen molar-refractivity contribution in [1.82, 2.24) is 4.90 Å². The standard InChI is InChI=1S/C15H21NO4/c1-18-14-4-3-12(11-15(14)19-2)13(17)5-6-16-7-9-20-10-8-16/h3-4,11H,5-10H2,1-2H3. The van der Waals surface area contributed by atoms with Crippen molar-refractivity contribution in [1.29, 1.82) is 0 Å². The van der Waals surface area contributed by atoms with Crippen LogP contribution in [0.2, 0.25) is 0 Å². The molecule has 0 radical (unpaired) electrons. The Morgan fingerprint density at radius 3 is 2.55 bits per heavy atom. The van der Waals surface area contributed by atoms with Crippen LogP contribution in [0.25, 0.3) is 0 Å². The van der Waals surface area contributed by atoms with Crippen LogP contribution < -0.4 is 9.47 Å². The summed E-state index contributed by atoms with van der Waals surface area (Å²) < 4.78 is 15.7. The Morgan fingerprint density at radius 1 is 1.20 bits per heavy atom. The molecule has 0 bridgehead atoms. The summed E-state index contributed by atoms with van der Waals surface area (Å²) in [5.41, 5.74) is 0.663. The smallest absolute Gasteiger partial charge is 0.164 e. The van der Waals surface area contributed by atoms with Crippen molar-refractivity contribution in [2.45, 2.75) is 6.42 Å². The maximum Gasteiger partial charge on any atom is 0.164 e. The number of rotatable bonds is 6. The molecule has 0 aromatic heterocycles. The lowest BCUT2D eigenvalue weighted by atomic mass is 10.1. The minimum Gasteiger partial charge on any atom is -0.493 e. The van der Waals surface area contributed by atoms with E-state index in [1.807, 2.05) is 0 Å². The van der Waals surface area contributed by atoms with E-state index in [-0.39, 0.29) is 5.78 Å². The number of nitrogens with zero attached hydrogens (tertiary/aromatic N) is 1. The highest BCUT2D eigenvalue weighted by molar-refractivity contribution is 5.96. The first-order chi connectivity index (χ1) is 9.74. The molecule has 0 atom stereocenters. The van der Waals surface area contributed by atoms with Crippen molar-refractivity contribution in [2.75, 3.05) is 47.1 Å². The van der Waals surface area contributed by atoms with Gasteiger partial charge in [-0.1, -0.05) is 0 Å². The molecule has 0 amide bonds. The lowest BCUT2D eigenvalue weighted by Crippen LogP contribution is -2.37. The summed E-state index contributed by atoms with van der Waals surface area (Å²) >= 11 is 0. The molecule has 1 aromatic carbocycles. The van der Waals surface area contributed by atoms with Gasteiger partial charge in [-0.05, 0) is 18.2 Å². The van der Waals surface area contributed by atoms with Crippen LogP contribution in [0.3, 0.4) is 0 Å². The van der Waals surface area contributed by atoms with Gasteiger partial charge in [-0.2, -0.15) is 0 Å². The second-order valence-electron chi connectivity index (χ2n) is 4.70. The fourth-order valence-electron chi connectivity index (χ4n) is 2.24. The fraction of sp³-hybridized carbons (Fsp3) is 0.533. The second-order valence-corrected chi connectivity index (χ2v) is 4.70. The van der Waals surface area contributed by atoms with Crippen LogP contribution in [-0.4, -0.2) is 57.8 Å². The number of hydrogen-bond acceptors (Lipinski definition) is 5. The topological polar surface area (TPSA) is 48.0 Å². The van der Waals surface area contributed by atoms with Crippen LogP contribution in [0, 0.1) is 0 Å². The lowest BCUT2D eigenvalue weighted by Gasteiger charge is -2.26. The van der Waals surface area contributed by atoms with E-state index in [9.17, 15) is 4.79 Å². The third-order valence-electron chi connectivity index (χ3n) is 3.46. The molecule has 5 heteroatoms. The zero-order chi connectivity index (χ0) is 14.4. The predicted octanol–water partition coefficient (Wildman–Crippen LogP) is 1.61. The molecule has 20 heavy (non-hydrogen) atoms. The van der Waals surface area contributed by atoms with Crippen LogP contribution in [0.5, 0.6) is 11.5 Å². The molecule has 0 unspecified atom stereocenters. The number of morpholine rings is 1. The number of ketones is 1. The molecular formula is C15H21NO4. The monoisotopic (exact) mass is 279 g/mol. The van der Waals surface area contributed by atoms with E-state index in [4.69, 9.17) is 14.2 Å². The van der Waals surface area contributed by atoms with E-state index >= 15 is 0 Å². The number of carbonyl (C=O) groups is 1. The first kappa shape index (κ1) is 14.8. The average Bonchev–Trinajstić information content (AvgIpc) is 2.52. The van der Waals surface area contributed by atoms with Crippen LogP contribution in [-0.2, 0) is 4.74 Å². The van der Waals surface area contributed by atoms with Crippen molar-refractivity contribution in [3.63, 3.8) is 0 Å². The molecule has 2 rings (SSSR count). The molecule has 1 fully saturated rings. The number of Topliss-reactive ketones (excluding diaryl/α,β-unsaturated/α-hetero) is 1. The van der Waals surface area contributed by atoms with E-state index in [1.54, 1.807) is 32.4 Å². The summed E-state index contributed by atoms with van der Waals surface area (Å²) in [7, 11) is 3.15. The normalized spacial score (nSPS) is 15.9. The van der Waals surface area contributed by atoms with Crippen molar-refractivity contribution in [2.24, 2.45) is 0 Å². The average molecular weight is 279 g/mol. The van der Waals surface area contributed by atoms with Gasteiger partial charge in [0.15, 0.2) is 17.3 Å². The van der Waals surface area contributed by atoms with Crippen molar-refractivity contribution >= 4 is 5.78 Å². The van der Waals surface area contributed by atoms with Gasteiger partial charge >= 0.3 is 0 Å². The van der Waals surface area contributed by atoms with E-state index < -0.39 is 0 Å². The quantitative estimate of drug-likeness (QED) is 0.740. The Kier molecular flexibility index (Phi) is 5.38. The minimum absolute atomic E-state index is 0.123. The van der Waals surface area contributed by atoms with Gasteiger partial charge in [-0.15, -0.1) is 0 Å². The molecule has 1 aromatic rings. The molecule has 110 valence electrons. The largest absolute Gasteiger partial charge is 0.493 e. The fourth-order valence-corrected chi connectivity index (χ4v) is 2.24. The molecule has 1 aliphatic heterocycles. The van der Waals surface area contributed by atoms with Crippen LogP contribution in [0.15, 0.2) is 18.2 Å². The number of methoxy groups -OCH3 is 2. The Balaban J connectivity index is 1.94. The second kappa shape index (κ2) is 7.26. The van der Waals surface area contributed by atoms with Gasteiger partial charge < -0.3 is 14.2 Å². The summed E-state index contributed by atoms with van der Waals surface area (Å²) in [6.07, 6.45) is 0.509. The summed E-state index contributed by atoms with van der Waals surface area (Å²) in [5.74, 6) is 1.35. The highest BCUT2D eigenvalue weighted by Crippen LogP contribution is 2.27. The van der Waals surface area contributed by atoms with Gasteiger partial charge in [0.25, 0.3) is 0 Å². The van der Waals surface area contributed by atoms with Crippen molar-refractivity contribution in [3.8, 4) is 11.5 Å². The third kappa shape index (κ3) is 3.71. The molecule has 5 nitrogen and oxygen atoms in total. The minimum atomic E-state index is 0.123. The number of hydrogen-bond donors (Lipinski definition) is 0. The SMILES string of the molecule is COc1ccc(C(=O)CCN2CCOCC2)cc1OC. The van der Waals surface area contributed by atoms with E-state index in [0.29, 0.717) is 23.5 Å². The van der Waals surface area contributed by atoms with Gasteiger partial charge in [-0.3, -0.25) is 9.69 Å². The maximum atomic E-state index is 12.2. The molecule has 1 saturated heterocycles. The number of benzene rings is 1.